The Morgan fingerprint density at radius 3 is 2.51 bits per heavy atom. The molecule has 1 amide bonds. The predicted octanol–water partition coefficient (Wildman–Crippen LogP) is 5.54. The standard InChI is InChI=1S/C29H30ClFN2O6/c1-3-38-27-15-20(14-24(30)28(27)39-18-21-6-4-5-7-25(21)31)17-33(19(2)34)22-8-9-26(23(16-22)29(35)36)32-10-12-37-13-11-32/h4-9,14-16H,3,10-13,17-18H2,1-2H3,(H,35,36). The van der Waals surface area contributed by atoms with Crippen molar-refractivity contribution in [1.82, 2.24) is 0 Å². The highest BCUT2D eigenvalue weighted by atomic mass is 35.5. The number of anilines is 2. The molecule has 0 aliphatic carbocycles. The van der Waals surface area contributed by atoms with Gasteiger partial charge in [0.2, 0.25) is 5.91 Å². The van der Waals surface area contributed by atoms with Gasteiger partial charge in [0, 0.05) is 31.3 Å². The number of carboxylic acid groups (broad SMARTS) is 1. The second-order valence-corrected chi connectivity index (χ2v) is 9.34. The molecule has 10 heteroatoms. The number of nitrogens with zero attached hydrogens (tertiary/aromatic N) is 2. The fourth-order valence-corrected chi connectivity index (χ4v) is 4.68. The maximum Gasteiger partial charge on any atom is 0.337 e. The molecule has 0 unspecified atom stereocenters. The summed E-state index contributed by atoms with van der Waals surface area (Å²) in [5.74, 6) is -1.13. The van der Waals surface area contributed by atoms with Crippen molar-refractivity contribution in [1.29, 1.82) is 0 Å². The van der Waals surface area contributed by atoms with E-state index in [-0.39, 0.29) is 41.2 Å². The Bertz CT molecular complexity index is 1350. The van der Waals surface area contributed by atoms with Crippen LogP contribution >= 0.6 is 11.6 Å². The maximum atomic E-state index is 14.1. The van der Waals surface area contributed by atoms with Crippen molar-refractivity contribution in [2.75, 3.05) is 42.7 Å². The van der Waals surface area contributed by atoms with Gasteiger partial charge in [0.15, 0.2) is 11.5 Å². The lowest BCUT2D eigenvalue weighted by Gasteiger charge is -2.31. The van der Waals surface area contributed by atoms with E-state index in [4.69, 9.17) is 25.8 Å². The number of morpholine rings is 1. The molecule has 39 heavy (non-hydrogen) atoms. The van der Waals surface area contributed by atoms with Crippen molar-refractivity contribution in [2.24, 2.45) is 0 Å². The maximum absolute atomic E-state index is 14.1. The van der Waals surface area contributed by atoms with Crippen LogP contribution in [0.5, 0.6) is 11.5 Å². The van der Waals surface area contributed by atoms with Crippen LogP contribution in [0.15, 0.2) is 54.6 Å². The Morgan fingerprint density at radius 1 is 1.10 bits per heavy atom. The first-order valence-corrected chi connectivity index (χ1v) is 13.0. The third kappa shape index (κ3) is 6.79. The van der Waals surface area contributed by atoms with Gasteiger partial charge in [-0.1, -0.05) is 29.8 Å². The van der Waals surface area contributed by atoms with Crippen LogP contribution in [0.1, 0.15) is 35.3 Å². The van der Waals surface area contributed by atoms with Gasteiger partial charge in [0.25, 0.3) is 0 Å². The minimum absolute atomic E-state index is 0.0428. The van der Waals surface area contributed by atoms with Crippen LogP contribution in [-0.2, 0) is 22.7 Å². The first-order chi connectivity index (χ1) is 18.8. The molecule has 3 aromatic rings. The van der Waals surface area contributed by atoms with Crippen molar-refractivity contribution in [3.8, 4) is 11.5 Å². The van der Waals surface area contributed by atoms with Crippen LogP contribution in [-0.4, -0.2) is 49.9 Å². The Labute approximate surface area is 231 Å². The number of carboxylic acids is 1. The molecule has 1 aliphatic rings. The van der Waals surface area contributed by atoms with Gasteiger partial charge in [0.05, 0.1) is 42.6 Å². The van der Waals surface area contributed by atoms with Crippen molar-refractivity contribution < 1.29 is 33.3 Å². The minimum Gasteiger partial charge on any atom is -0.490 e. The van der Waals surface area contributed by atoms with Crippen molar-refractivity contribution in [2.45, 2.75) is 27.0 Å². The molecule has 4 rings (SSSR count). The predicted molar refractivity (Wildman–Crippen MR) is 147 cm³/mol. The monoisotopic (exact) mass is 556 g/mol. The highest BCUT2D eigenvalue weighted by Crippen LogP contribution is 2.38. The number of ether oxygens (including phenoxy) is 3. The lowest BCUT2D eigenvalue weighted by molar-refractivity contribution is -0.116. The minimum atomic E-state index is -1.08. The third-order valence-corrected chi connectivity index (χ3v) is 6.57. The molecule has 8 nitrogen and oxygen atoms in total. The normalized spacial score (nSPS) is 13.2. The molecule has 3 aromatic carbocycles. The summed E-state index contributed by atoms with van der Waals surface area (Å²) in [6.07, 6.45) is 0. The van der Waals surface area contributed by atoms with E-state index in [1.54, 1.807) is 42.5 Å². The summed E-state index contributed by atoms with van der Waals surface area (Å²) in [6, 6.07) is 14.6. The summed E-state index contributed by atoms with van der Waals surface area (Å²) in [7, 11) is 0. The summed E-state index contributed by atoms with van der Waals surface area (Å²) in [6.45, 7) is 5.82. The summed E-state index contributed by atoms with van der Waals surface area (Å²) < 4.78 is 31.0. The second kappa shape index (κ2) is 12.8. The number of aromatic carboxylic acids is 1. The van der Waals surface area contributed by atoms with Crippen molar-refractivity contribution in [3.63, 3.8) is 0 Å². The summed E-state index contributed by atoms with van der Waals surface area (Å²) in [5, 5.41) is 10.2. The molecule has 1 saturated heterocycles. The summed E-state index contributed by atoms with van der Waals surface area (Å²) >= 11 is 6.56. The largest absolute Gasteiger partial charge is 0.490 e. The topological polar surface area (TPSA) is 88.5 Å². The zero-order chi connectivity index (χ0) is 27.9. The average molecular weight is 557 g/mol. The molecular weight excluding hydrogens is 527 g/mol. The van der Waals surface area contributed by atoms with Crippen LogP contribution in [0.25, 0.3) is 0 Å². The fraction of sp³-hybridized carbons (Fsp3) is 0.310. The second-order valence-electron chi connectivity index (χ2n) is 8.93. The van der Waals surface area contributed by atoms with Crippen LogP contribution in [0.2, 0.25) is 5.02 Å². The van der Waals surface area contributed by atoms with E-state index in [1.165, 1.54) is 24.0 Å². The lowest BCUT2D eigenvalue weighted by Crippen LogP contribution is -2.37. The molecule has 0 radical (unpaired) electrons. The van der Waals surface area contributed by atoms with E-state index in [1.807, 2.05) is 11.8 Å². The number of amides is 1. The van der Waals surface area contributed by atoms with Gasteiger partial charge in [-0.15, -0.1) is 0 Å². The molecule has 0 saturated carbocycles. The van der Waals surface area contributed by atoms with Gasteiger partial charge in [-0.2, -0.15) is 0 Å². The van der Waals surface area contributed by atoms with Crippen LogP contribution in [0.3, 0.4) is 0 Å². The molecule has 0 spiro atoms. The van der Waals surface area contributed by atoms with Gasteiger partial charge in [-0.05, 0) is 48.9 Å². The molecule has 206 valence electrons. The Balaban J connectivity index is 1.61. The first-order valence-electron chi connectivity index (χ1n) is 12.6. The molecule has 1 heterocycles. The summed E-state index contributed by atoms with van der Waals surface area (Å²) in [4.78, 5) is 28.2. The number of carbonyl (C=O) groups is 2. The van der Waals surface area contributed by atoms with E-state index in [2.05, 4.69) is 0 Å². The molecule has 0 aromatic heterocycles. The van der Waals surface area contributed by atoms with Crippen LogP contribution in [0, 0.1) is 5.82 Å². The molecule has 1 aliphatic heterocycles. The SMILES string of the molecule is CCOc1cc(CN(C(C)=O)c2ccc(N3CCOCC3)c(C(=O)O)c2)cc(Cl)c1OCc1ccccc1F. The lowest BCUT2D eigenvalue weighted by atomic mass is 10.1. The first kappa shape index (κ1) is 28.2. The van der Waals surface area contributed by atoms with Crippen molar-refractivity contribution >= 4 is 34.9 Å². The molecule has 0 atom stereocenters. The smallest absolute Gasteiger partial charge is 0.337 e. The average Bonchev–Trinajstić information content (AvgIpc) is 2.92. The third-order valence-electron chi connectivity index (χ3n) is 6.29. The molecule has 1 N–H and O–H groups in total. The number of halogens is 2. The Kier molecular flexibility index (Phi) is 9.27. The van der Waals surface area contributed by atoms with Crippen LogP contribution < -0.4 is 19.3 Å². The van der Waals surface area contributed by atoms with E-state index in [0.717, 1.165) is 0 Å². The number of hydrogen-bond donors (Lipinski definition) is 1. The van der Waals surface area contributed by atoms with E-state index in [0.29, 0.717) is 61.2 Å². The number of carbonyl (C=O) groups excluding carboxylic acids is 1. The number of benzene rings is 3. The molecular formula is C29H30ClFN2O6. The fourth-order valence-electron chi connectivity index (χ4n) is 4.39. The molecule has 0 bridgehead atoms. The quantitative estimate of drug-likeness (QED) is 0.350. The van der Waals surface area contributed by atoms with Crippen LogP contribution in [0.4, 0.5) is 15.8 Å². The number of hydrogen-bond acceptors (Lipinski definition) is 6. The van der Waals surface area contributed by atoms with E-state index < -0.39 is 5.97 Å². The number of rotatable bonds is 10. The Morgan fingerprint density at radius 2 is 1.85 bits per heavy atom. The van der Waals surface area contributed by atoms with Gasteiger partial charge >= 0.3 is 5.97 Å². The van der Waals surface area contributed by atoms with E-state index in [9.17, 15) is 19.1 Å². The highest BCUT2D eigenvalue weighted by molar-refractivity contribution is 6.32. The van der Waals surface area contributed by atoms with Gasteiger partial charge in [-0.25, -0.2) is 9.18 Å². The van der Waals surface area contributed by atoms with Gasteiger partial charge in [0.1, 0.15) is 12.4 Å². The van der Waals surface area contributed by atoms with Gasteiger partial charge < -0.3 is 29.1 Å². The highest BCUT2D eigenvalue weighted by Gasteiger charge is 2.23. The van der Waals surface area contributed by atoms with Gasteiger partial charge in [-0.3, -0.25) is 4.79 Å². The summed E-state index contributed by atoms with van der Waals surface area (Å²) in [5.41, 5.74) is 2.14. The van der Waals surface area contributed by atoms with E-state index >= 15 is 0 Å². The van der Waals surface area contributed by atoms with Crippen molar-refractivity contribution in [3.05, 3.63) is 82.1 Å². The Hall–Kier alpha value is -3.82. The zero-order valence-corrected chi connectivity index (χ0v) is 22.5. The molecule has 1 fully saturated rings. The zero-order valence-electron chi connectivity index (χ0n) is 21.8.